The van der Waals surface area contributed by atoms with Crippen molar-refractivity contribution in [3.63, 3.8) is 0 Å². The van der Waals surface area contributed by atoms with Gasteiger partial charge in [-0.3, -0.25) is 0 Å². The molecule has 2 rings (SSSR count). The number of ether oxygens (including phenoxy) is 1. The van der Waals surface area contributed by atoms with E-state index in [0.29, 0.717) is 12.1 Å². The van der Waals surface area contributed by atoms with Gasteiger partial charge in [0.05, 0.1) is 0 Å². The van der Waals surface area contributed by atoms with Gasteiger partial charge in [-0.05, 0) is 49.2 Å². The Bertz CT molecular complexity index is 1060. The van der Waals surface area contributed by atoms with Crippen LogP contribution in [-0.2, 0) is 11.2 Å². The molecule has 0 aliphatic rings. The van der Waals surface area contributed by atoms with E-state index in [4.69, 9.17) is 16.2 Å². The molecule has 0 unspecified atom stereocenters. The predicted molar refractivity (Wildman–Crippen MR) is 103 cm³/mol. The van der Waals surface area contributed by atoms with E-state index in [1.165, 1.54) is 0 Å². The van der Waals surface area contributed by atoms with Gasteiger partial charge in [0.15, 0.2) is 0 Å². The van der Waals surface area contributed by atoms with Gasteiger partial charge in [0.25, 0.3) is 11.2 Å². The summed E-state index contributed by atoms with van der Waals surface area (Å²) in [7, 11) is 0. The summed E-state index contributed by atoms with van der Waals surface area (Å²) in [6.07, 6.45) is -25.5. The lowest BCUT2D eigenvalue weighted by atomic mass is 9.89. The van der Waals surface area contributed by atoms with Crippen LogP contribution in [0.5, 0.6) is 11.5 Å². The lowest BCUT2D eigenvalue weighted by Gasteiger charge is -2.34. The molecule has 5 nitrogen and oxygen atoms in total. The molecule has 0 fully saturated rings. The van der Waals surface area contributed by atoms with Gasteiger partial charge in [-0.1, -0.05) is 0 Å². The molecule has 17 heteroatoms. The van der Waals surface area contributed by atoms with Gasteiger partial charge < -0.3 is 26.4 Å². The first-order valence-corrected chi connectivity index (χ1v) is 9.51. The molecule has 0 amide bonds. The van der Waals surface area contributed by atoms with Crippen LogP contribution in [0.25, 0.3) is 0 Å². The third-order valence-electron chi connectivity index (χ3n) is 5.33. The Labute approximate surface area is 199 Å². The second-order valence-corrected chi connectivity index (χ2v) is 7.92. The van der Waals surface area contributed by atoms with Crippen molar-refractivity contribution in [3.05, 3.63) is 46.5 Å². The summed E-state index contributed by atoms with van der Waals surface area (Å²) < 4.78 is 165. The predicted octanol–water partition coefficient (Wildman–Crippen LogP) is 5.88. The number of aliphatic hydroxyl groups is 2. The van der Waals surface area contributed by atoms with E-state index in [-0.39, 0.29) is 23.3 Å². The summed E-state index contributed by atoms with van der Waals surface area (Å²) in [5.41, 5.74) is -7.50. The molecule has 0 aliphatic carbocycles. The topological polar surface area (TPSA) is 102 Å². The number of hydrogen-bond acceptors (Lipinski definition) is 5. The minimum Gasteiger partial charge on any atom is -0.457 e. The number of nitrogen functional groups attached to an aromatic ring is 2. The van der Waals surface area contributed by atoms with Crippen LogP contribution < -0.4 is 16.2 Å². The lowest BCUT2D eigenvalue weighted by Crippen LogP contribution is -2.54. The molecule has 6 N–H and O–H groups in total. The average Bonchev–Trinajstić information content (AvgIpc) is 2.67. The quantitative estimate of drug-likeness (QED) is 0.276. The van der Waals surface area contributed by atoms with E-state index in [0.717, 1.165) is 13.8 Å². The van der Waals surface area contributed by atoms with E-state index in [1.54, 1.807) is 0 Å². The largest absolute Gasteiger partial charge is 0.457 e. The van der Waals surface area contributed by atoms with Gasteiger partial charge >= 0.3 is 24.7 Å². The van der Waals surface area contributed by atoms with Crippen LogP contribution in [0.4, 0.5) is 64.1 Å². The molecule has 2 aromatic rings. The van der Waals surface area contributed by atoms with Crippen LogP contribution >= 0.6 is 0 Å². The van der Waals surface area contributed by atoms with Crippen LogP contribution in [-0.4, -0.2) is 34.9 Å². The minimum atomic E-state index is -6.37. The maximum absolute atomic E-state index is 13.3. The Morgan fingerprint density at radius 1 is 0.541 bits per heavy atom. The maximum Gasteiger partial charge on any atom is 0.430 e. The average molecular weight is 560 g/mol. The molecule has 0 atom stereocenters. The van der Waals surface area contributed by atoms with Crippen molar-refractivity contribution in [3.8, 4) is 11.5 Å². The molecule has 0 saturated heterocycles. The summed E-state index contributed by atoms with van der Waals surface area (Å²) in [5.74, 6) is -1.92. The van der Waals surface area contributed by atoms with Crippen molar-refractivity contribution in [2.24, 2.45) is 0 Å². The fraction of sp³-hybridized carbons (Fsp3) is 0.400. The first kappa shape index (κ1) is 30.1. The Kier molecular flexibility index (Phi) is 7.13. The Morgan fingerprint density at radius 2 is 0.784 bits per heavy atom. The van der Waals surface area contributed by atoms with E-state index >= 15 is 0 Å². The molecular formula is C20H16F12N2O3. The highest BCUT2D eigenvalue weighted by molar-refractivity contribution is 5.61. The number of anilines is 2. The summed E-state index contributed by atoms with van der Waals surface area (Å²) in [4.78, 5) is 0. The third kappa shape index (κ3) is 4.81. The monoisotopic (exact) mass is 560 g/mol. The number of halogens is 12. The van der Waals surface area contributed by atoms with Gasteiger partial charge in [-0.25, -0.2) is 0 Å². The van der Waals surface area contributed by atoms with E-state index in [2.05, 4.69) is 0 Å². The molecule has 0 bridgehead atoms. The highest BCUT2D eigenvalue weighted by atomic mass is 19.4. The van der Waals surface area contributed by atoms with Crippen molar-refractivity contribution in [2.75, 3.05) is 11.5 Å². The number of alkyl halides is 12. The number of benzene rings is 2. The molecule has 0 spiro atoms. The van der Waals surface area contributed by atoms with E-state index in [9.17, 15) is 62.9 Å². The van der Waals surface area contributed by atoms with E-state index in [1.807, 2.05) is 0 Å². The van der Waals surface area contributed by atoms with Crippen molar-refractivity contribution < 1.29 is 67.6 Å². The normalized spacial score (nSPS) is 14.2. The van der Waals surface area contributed by atoms with Crippen LogP contribution in [0, 0.1) is 13.8 Å². The standard InChI is InChI=1S/C20H16F12N2O3/c1-7-3-11(33)9(15(35,17(21,22)23)18(24,25)26)5-13(7)37-14-6-10(12(34)4-8(14)2)16(36,19(27,28)29)20(30,31)32/h3-6,35-36H,33-34H2,1-2H3. The first-order chi connectivity index (χ1) is 16.3. The van der Waals surface area contributed by atoms with Gasteiger partial charge in [-0.15, -0.1) is 0 Å². The van der Waals surface area contributed by atoms with Gasteiger partial charge in [0.2, 0.25) is 0 Å². The van der Waals surface area contributed by atoms with E-state index < -0.39 is 69.9 Å². The summed E-state index contributed by atoms with van der Waals surface area (Å²) in [6, 6.07) is 0.979. The zero-order chi connectivity index (χ0) is 29.2. The maximum atomic E-state index is 13.3. The van der Waals surface area contributed by atoms with Crippen LogP contribution in [0.15, 0.2) is 24.3 Å². The van der Waals surface area contributed by atoms with Gasteiger partial charge in [-0.2, -0.15) is 52.7 Å². The molecule has 0 aromatic heterocycles. The Balaban J connectivity index is 2.81. The highest BCUT2D eigenvalue weighted by Crippen LogP contribution is 2.54. The fourth-order valence-electron chi connectivity index (χ4n) is 3.32. The molecule has 208 valence electrons. The van der Waals surface area contributed by atoms with Crippen LogP contribution in [0.1, 0.15) is 22.3 Å². The second kappa shape index (κ2) is 8.75. The smallest absolute Gasteiger partial charge is 0.430 e. The zero-order valence-electron chi connectivity index (χ0n) is 18.3. The SMILES string of the molecule is Cc1cc(N)c(C(O)(C(F)(F)F)C(F)(F)F)cc1Oc1cc(C(O)(C(F)(F)F)C(F)(F)F)c(N)cc1C. The first-order valence-electron chi connectivity index (χ1n) is 9.51. The van der Waals surface area contributed by atoms with Crippen LogP contribution in [0.3, 0.4) is 0 Å². The summed E-state index contributed by atoms with van der Waals surface area (Å²) >= 11 is 0. The number of nitrogens with two attached hydrogens (primary N) is 2. The zero-order valence-corrected chi connectivity index (χ0v) is 18.3. The minimum absolute atomic E-state index is 0.0131. The number of rotatable bonds is 4. The number of hydrogen-bond donors (Lipinski definition) is 4. The molecule has 0 saturated carbocycles. The van der Waals surface area contributed by atoms with Gasteiger partial charge in [0, 0.05) is 22.5 Å². The molecule has 0 radical (unpaired) electrons. The highest BCUT2D eigenvalue weighted by Gasteiger charge is 2.73. The van der Waals surface area contributed by atoms with Crippen molar-refractivity contribution in [1.29, 1.82) is 0 Å². The molecule has 0 heterocycles. The summed E-state index contributed by atoms with van der Waals surface area (Å²) in [5, 5.41) is 19.3. The molecule has 2 aromatic carbocycles. The molecular weight excluding hydrogens is 544 g/mol. The summed E-state index contributed by atoms with van der Waals surface area (Å²) in [6.45, 7) is 2.04. The fourth-order valence-corrected chi connectivity index (χ4v) is 3.32. The third-order valence-corrected chi connectivity index (χ3v) is 5.33. The number of aryl methyl sites for hydroxylation is 2. The van der Waals surface area contributed by atoms with Crippen molar-refractivity contribution >= 4 is 11.4 Å². The Hall–Kier alpha value is -3.08. The van der Waals surface area contributed by atoms with Crippen molar-refractivity contribution in [1.82, 2.24) is 0 Å². The van der Waals surface area contributed by atoms with Crippen molar-refractivity contribution in [2.45, 2.75) is 49.8 Å². The van der Waals surface area contributed by atoms with Crippen LogP contribution in [0.2, 0.25) is 0 Å². The van der Waals surface area contributed by atoms with Gasteiger partial charge in [0.1, 0.15) is 11.5 Å². The second-order valence-electron chi connectivity index (χ2n) is 7.92. The Morgan fingerprint density at radius 3 is 1.00 bits per heavy atom. The molecule has 0 aliphatic heterocycles. The molecule has 37 heavy (non-hydrogen) atoms. The lowest BCUT2D eigenvalue weighted by molar-refractivity contribution is -0.376.